The van der Waals surface area contributed by atoms with Gasteiger partial charge in [-0.05, 0) is 37.1 Å². The van der Waals surface area contributed by atoms with Gasteiger partial charge in [-0.25, -0.2) is 4.79 Å². The first-order valence-corrected chi connectivity index (χ1v) is 9.06. The normalized spacial score (nSPS) is 16.4. The number of hydrogen-bond acceptors (Lipinski definition) is 4. The first-order valence-electron chi connectivity index (χ1n) is 9.06. The Morgan fingerprint density at radius 2 is 1.75 bits per heavy atom. The van der Waals surface area contributed by atoms with Crippen molar-refractivity contribution in [2.75, 3.05) is 0 Å². The van der Waals surface area contributed by atoms with E-state index in [-0.39, 0.29) is 17.4 Å². The Bertz CT molecular complexity index is 794. The van der Waals surface area contributed by atoms with Crippen LogP contribution in [0.1, 0.15) is 59.9 Å². The van der Waals surface area contributed by atoms with Crippen LogP contribution in [-0.4, -0.2) is 17.9 Å². The third-order valence-electron chi connectivity index (χ3n) is 4.68. The number of nitrogens with one attached hydrogen (secondary N) is 1. The van der Waals surface area contributed by atoms with E-state index in [9.17, 15) is 22.8 Å². The van der Waals surface area contributed by atoms with Gasteiger partial charge in [0.1, 0.15) is 0 Å². The van der Waals surface area contributed by atoms with Gasteiger partial charge < -0.3 is 14.5 Å². The first kappa shape index (κ1) is 20.0. The van der Waals surface area contributed by atoms with Gasteiger partial charge in [0.2, 0.25) is 11.9 Å². The highest BCUT2D eigenvalue weighted by Crippen LogP contribution is 2.31. The van der Waals surface area contributed by atoms with E-state index in [4.69, 9.17) is 9.15 Å². The van der Waals surface area contributed by atoms with Crippen molar-refractivity contribution < 1.29 is 31.9 Å². The smallest absolute Gasteiger partial charge is 0.416 e. The summed E-state index contributed by atoms with van der Waals surface area (Å²) in [6.07, 6.45) is 0.123. The number of hydrogen-bond donors (Lipinski definition) is 1. The molecule has 1 aliphatic carbocycles. The van der Waals surface area contributed by atoms with Crippen molar-refractivity contribution in [2.45, 2.75) is 50.4 Å². The molecule has 3 rings (SSSR count). The molecule has 0 aliphatic heterocycles. The topological polar surface area (TPSA) is 68.5 Å². The van der Waals surface area contributed by atoms with Crippen LogP contribution >= 0.6 is 0 Å². The maximum absolute atomic E-state index is 12.8. The monoisotopic (exact) mass is 395 g/mol. The second kappa shape index (κ2) is 8.50. The zero-order chi connectivity index (χ0) is 20.1. The molecule has 1 aliphatic rings. The lowest BCUT2D eigenvalue weighted by Crippen LogP contribution is -2.40. The number of alkyl halides is 3. The summed E-state index contributed by atoms with van der Waals surface area (Å²) >= 11 is 0. The van der Waals surface area contributed by atoms with E-state index in [2.05, 4.69) is 5.32 Å². The molecule has 1 fully saturated rings. The number of carbonyl (C=O) groups is 2. The molecule has 0 spiro atoms. The molecular weight excluding hydrogens is 375 g/mol. The van der Waals surface area contributed by atoms with Gasteiger partial charge in [-0.2, -0.15) is 13.2 Å². The predicted octanol–water partition coefficient (Wildman–Crippen LogP) is 4.65. The Labute approximate surface area is 159 Å². The molecule has 1 heterocycles. The summed E-state index contributed by atoms with van der Waals surface area (Å²) in [7, 11) is 0. The molecule has 1 aromatic heterocycles. The quantitative estimate of drug-likeness (QED) is 0.749. The largest absolute Gasteiger partial charge is 0.457 e. The van der Waals surface area contributed by atoms with Crippen LogP contribution in [0.25, 0.3) is 0 Å². The van der Waals surface area contributed by atoms with Gasteiger partial charge in [0.05, 0.1) is 11.8 Å². The fraction of sp³-hybridized carbons (Fsp3) is 0.400. The molecule has 0 unspecified atom stereocenters. The Morgan fingerprint density at radius 3 is 2.32 bits per heavy atom. The number of halogens is 3. The highest BCUT2D eigenvalue weighted by Gasteiger charge is 2.32. The van der Waals surface area contributed by atoms with Crippen molar-refractivity contribution in [3.05, 3.63) is 59.5 Å². The third-order valence-corrected chi connectivity index (χ3v) is 4.68. The minimum atomic E-state index is -4.50. The van der Waals surface area contributed by atoms with Gasteiger partial charge >= 0.3 is 12.1 Å². The molecule has 0 saturated heterocycles. The van der Waals surface area contributed by atoms with Crippen molar-refractivity contribution in [1.29, 1.82) is 0 Å². The lowest BCUT2D eigenvalue weighted by Gasteiger charge is -2.25. The van der Waals surface area contributed by atoms with E-state index in [1.54, 1.807) is 0 Å². The lowest BCUT2D eigenvalue weighted by molar-refractivity contribution is -0.137. The average molecular weight is 395 g/mol. The minimum absolute atomic E-state index is 0.0412. The van der Waals surface area contributed by atoms with Gasteiger partial charge in [-0.3, -0.25) is 4.79 Å². The number of furan rings is 1. The zero-order valence-corrected chi connectivity index (χ0v) is 15.0. The van der Waals surface area contributed by atoms with Gasteiger partial charge in [0.25, 0.3) is 5.91 Å². The van der Waals surface area contributed by atoms with Crippen molar-refractivity contribution in [1.82, 2.24) is 5.32 Å². The summed E-state index contributed by atoms with van der Waals surface area (Å²) in [5.74, 6) is -1.53. The summed E-state index contributed by atoms with van der Waals surface area (Å²) in [4.78, 5) is 25.0. The van der Waals surface area contributed by atoms with Crippen LogP contribution in [0.5, 0.6) is 0 Å². The van der Waals surface area contributed by atoms with E-state index in [1.807, 2.05) is 0 Å². The van der Waals surface area contributed by atoms with Crippen LogP contribution in [0, 0.1) is 0 Å². The Kier molecular flexibility index (Phi) is 6.06. The molecule has 1 saturated carbocycles. The van der Waals surface area contributed by atoms with E-state index in [0.717, 1.165) is 56.4 Å². The van der Waals surface area contributed by atoms with Gasteiger partial charge in [-0.1, -0.05) is 31.4 Å². The van der Waals surface area contributed by atoms with Gasteiger partial charge in [-0.15, -0.1) is 0 Å². The maximum atomic E-state index is 12.8. The second-order valence-corrected chi connectivity index (χ2v) is 6.73. The SMILES string of the molecule is O=C(O[C@H](C(=O)NC1CCCCC1)c1ccc(C(F)(F)F)cc1)c1ccco1. The maximum Gasteiger partial charge on any atom is 0.416 e. The number of carbonyl (C=O) groups excluding carboxylic acids is 2. The molecule has 1 atom stereocenters. The predicted molar refractivity (Wildman–Crippen MR) is 93.3 cm³/mol. The van der Waals surface area contributed by atoms with Crippen LogP contribution in [0.4, 0.5) is 13.2 Å². The van der Waals surface area contributed by atoms with Crippen LogP contribution in [0.3, 0.4) is 0 Å². The van der Waals surface area contributed by atoms with E-state index in [1.165, 1.54) is 18.4 Å². The lowest BCUT2D eigenvalue weighted by atomic mass is 9.95. The number of esters is 1. The third kappa shape index (κ3) is 4.94. The zero-order valence-electron chi connectivity index (χ0n) is 15.0. The Morgan fingerprint density at radius 1 is 1.07 bits per heavy atom. The summed E-state index contributed by atoms with van der Waals surface area (Å²) < 4.78 is 48.7. The summed E-state index contributed by atoms with van der Waals surface area (Å²) in [5.41, 5.74) is -0.693. The number of ether oxygens (including phenoxy) is 1. The minimum Gasteiger partial charge on any atom is -0.457 e. The van der Waals surface area contributed by atoms with E-state index in [0.29, 0.717) is 0 Å². The molecule has 5 nitrogen and oxygen atoms in total. The van der Waals surface area contributed by atoms with Crippen LogP contribution in [0.2, 0.25) is 0 Å². The molecule has 0 bridgehead atoms. The van der Waals surface area contributed by atoms with Crippen molar-refractivity contribution in [3.63, 3.8) is 0 Å². The van der Waals surface area contributed by atoms with Crippen molar-refractivity contribution >= 4 is 11.9 Å². The van der Waals surface area contributed by atoms with Crippen LogP contribution < -0.4 is 5.32 Å². The number of benzene rings is 1. The van der Waals surface area contributed by atoms with Crippen molar-refractivity contribution in [2.24, 2.45) is 0 Å². The van der Waals surface area contributed by atoms with E-state index < -0.39 is 29.7 Å². The molecule has 1 amide bonds. The fourth-order valence-electron chi connectivity index (χ4n) is 3.20. The van der Waals surface area contributed by atoms with E-state index >= 15 is 0 Å². The first-order chi connectivity index (χ1) is 13.3. The number of rotatable bonds is 5. The van der Waals surface area contributed by atoms with Gasteiger partial charge in [0, 0.05) is 11.6 Å². The summed E-state index contributed by atoms with van der Waals surface area (Å²) in [6.45, 7) is 0. The second-order valence-electron chi connectivity index (χ2n) is 6.73. The molecular formula is C20H20F3NO4. The molecule has 1 aromatic carbocycles. The molecule has 8 heteroatoms. The standard InChI is InChI=1S/C20H20F3NO4/c21-20(22,23)14-10-8-13(9-11-14)17(28-19(26)16-7-4-12-27-16)18(25)24-15-5-2-1-3-6-15/h4,7-12,15,17H,1-3,5-6H2,(H,24,25)/t17-/m0/s1. The molecule has 2 aromatic rings. The highest BCUT2D eigenvalue weighted by molar-refractivity contribution is 5.90. The summed E-state index contributed by atoms with van der Waals surface area (Å²) in [6, 6.07) is 6.83. The van der Waals surface area contributed by atoms with Crippen molar-refractivity contribution in [3.8, 4) is 0 Å². The number of amides is 1. The average Bonchev–Trinajstić information content (AvgIpc) is 3.21. The molecule has 28 heavy (non-hydrogen) atoms. The van der Waals surface area contributed by atoms with Crippen LogP contribution in [-0.2, 0) is 15.7 Å². The fourth-order valence-corrected chi connectivity index (χ4v) is 3.20. The molecule has 150 valence electrons. The van der Waals surface area contributed by atoms with Gasteiger partial charge in [0.15, 0.2) is 0 Å². The van der Waals surface area contributed by atoms with Crippen LogP contribution in [0.15, 0.2) is 47.1 Å². The molecule has 0 radical (unpaired) electrons. The Balaban J connectivity index is 1.80. The molecule has 1 N–H and O–H groups in total. The highest BCUT2D eigenvalue weighted by atomic mass is 19.4. The Hall–Kier alpha value is -2.77. The summed E-state index contributed by atoms with van der Waals surface area (Å²) in [5, 5.41) is 2.84.